The van der Waals surface area contributed by atoms with Crippen LogP contribution in [0.15, 0.2) is 30.5 Å². The Hall–Kier alpha value is -1.65. The molecule has 1 aromatic heterocycles. The van der Waals surface area contributed by atoms with Gasteiger partial charge in [-0.15, -0.1) is 11.3 Å². The van der Waals surface area contributed by atoms with Crippen molar-refractivity contribution in [1.29, 1.82) is 0 Å². The molecule has 0 bridgehead atoms. The minimum atomic E-state index is -0.203. The Bertz CT molecular complexity index is 634. The van der Waals surface area contributed by atoms with Crippen LogP contribution in [-0.2, 0) is 4.79 Å². The number of benzene rings is 1. The summed E-state index contributed by atoms with van der Waals surface area (Å²) in [6.45, 7) is 3.88. The first-order valence-electron chi connectivity index (χ1n) is 5.72. The van der Waals surface area contributed by atoms with E-state index in [1.54, 1.807) is 12.3 Å². The van der Waals surface area contributed by atoms with Crippen molar-refractivity contribution >= 4 is 40.1 Å². The van der Waals surface area contributed by atoms with Crippen molar-refractivity contribution in [1.82, 2.24) is 4.98 Å². The van der Waals surface area contributed by atoms with E-state index in [4.69, 9.17) is 11.6 Å². The lowest BCUT2D eigenvalue weighted by Crippen LogP contribution is -2.07. The summed E-state index contributed by atoms with van der Waals surface area (Å²) in [5, 5.41) is 4.01. The second-order valence-electron chi connectivity index (χ2n) is 4.11. The number of amides is 1. The summed E-state index contributed by atoms with van der Waals surface area (Å²) in [5.41, 5.74) is 1.91. The van der Waals surface area contributed by atoms with Gasteiger partial charge in [0.2, 0.25) is 5.91 Å². The van der Waals surface area contributed by atoms with Crippen molar-refractivity contribution in [3.63, 3.8) is 0 Å². The summed E-state index contributed by atoms with van der Waals surface area (Å²) in [6.07, 6.45) is 4.92. The third kappa shape index (κ3) is 3.91. The highest BCUT2D eigenvalue weighted by Crippen LogP contribution is 2.18. The summed E-state index contributed by atoms with van der Waals surface area (Å²) in [7, 11) is 0. The van der Waals surface area contributed by atoms with Gasteiger partial charge in [-0.05, 0) is 37.1 Å². The molecule has 0 aliphatic heterocycles. The maximum atomic E-state index is 11.7. The second kappa shape index (κ2) is 5.99. The quantitative estimate of drug-likeness (QED) is 0.867. The van der Waals surface area contributed by atoms with Gasteiger partial charge in [-0.1, -0.05) is 23.7 Å². The number of halogens is 1. The van der Waals surface area contributed by atoms with Crippen molar-refractivity contribution in [3.05, 3.63) is 51.5 Å². The van der Waals surface area contributed by atoms with Crippen LogP contribution in [0.3, 0.4) is 0 Å². The van der Waals surface area contributed by atoms with Crippen molar-refractivity contribution < 1.29 is 4.79 Å². The average Bonchev–Trinajstić information content (AvgIpc) is 2.76. The summed E-state index contributed by atoms with van der Waals surface area (Å²) in [6, 6.07) is 5.66. The zero-order chi connectivity index (χ0) is 13.8. The first-order chi connectivity index (χ1) is 9.04. The minimum absolute atomic E-state index is 0.203. The van der Waals surface area contributed by atoms with Crippen molar-refractivity contribution in [2.24, 2.45) is 0 Å². The molecule has 0 saturated carbocycles. The largest absolute Gasteiger partial charge is 0.298 e. The van der Waals surface area contributed by atoms with E-state index in [1.165, 1.54) is 17.4 Å². The molecule has 0 unspecified atom stereocenters. The molecule has 0 atom stereocenters. The van der Waals surface area contributed by atoms with Gasteiger partial charge in [-0.2, -0.15) is 0 Å². The predicted molar refractivity (Wildman–Crippen MR) is 80.7 cm³/mol. The van der Waals surface area contributed by atoms with E-state index in [2.05, 4.69) is 10.3 Å². The smallest absolute Gasteiger partial charge is 0.250 e. The Kier molecular flexibility index (Phi) is 4.35. The normalized spacial score (nSPS) is 10.9. The predicted octanol–water partition coefficient (Wildman–Crippen LogP) is 4.07. The first kappa shape index (κ1) is 13.8. The summed E-state index contributed by atoms with van der Waals surface area (Å²) >= 11 is 7.46. The Morgan fingerprint density at radius 2 is 2.21 bits per heavy atom. The van der Waals surface area contributed by atoms with Gasteiger partial charge in [-0.25, -0.2) is 4.98 Å². The van der Waals surface area contributed by atoms with Gasteiger partial charge < -0.3 is 0 Å². The molecule has 0 aliphatic rings. The zero-order valence-corrected chi connectivity index (χ0v) is 12.2. The highest BCUT2D eigenvalue weighted by molar-refractivity contribution is 7.15. The fraction of sp³-hybridized carbons (Fsp3) is 0.143. The number of thiazole rings is 1. The first-order valence-corrected chi connectivity index (χ1v) is 6.92. The SMILES string of the molecule is Cc1cnc(NC(=O)/C=C/c2ccc(C)c(Cl)c2)s1. The van der Waals surface area contributed by atoms with Crippen LogP contribution in [0.2, 0.25) is 5.02 Å². The number of aromatic nitrogens is 1. The van der Waals surface area contributed by atoms with Gasteiger partial charge in [0.25, 0.3) is 0 Å². The van der Waals surface area contributed by atoms with Crippen LogP contribution < -0.4 is 5.32 Å². The van der Waals surface area contributed by atoms with Gasteiger partial charge in [0.15, 0.2) is 5.13 Å². The fourth-order valence-corrected chi connectivity index (χ4v) is 2.30. The molecule has 0 aliphatic carbocycles. The molecular formula is C14H13ClN2OS. The highest BCUT2D eigenvalue weighted by Gasteiger charge is 2.02. The molecule has 1 amide bonds. The third-order valence-corrected chi connectivity index (χ3v) is 3.71. The molecule has 1 aromatic carbocycles. The Balaban J connectivity index is 2.01. The van der Waals surface area contributed by atoms with E-state index in [0.29, 0.717) is 10.2 Å². The summed E-state index contributed by atoms with van der Waals surface area (Å²) < 4.78 is 0. The number of hydrogen-bond acceptors (Lipinski definition) is 3. The molecule has 0 saturated heterocycles. The molecule has 1 N–H and O–H groups in total. The van der Waals surface area contributed by atoms with E-state index in [0.717, 1.165) is 16.0 Å². The van der Waals surface area contributed by atoms with E-state index in [1.807, 2.05) is 32.0 Å². The molecule has 3 nitrogen and oxygen atoms in total. The molecule has 19 heavy (non-hydrogen) atoms. The molecule has 2 aromatic rings. The van der Waals surface area contributed by atoms with Gasteiger partial charge in [0.1, 0.15) is 0 Å². The second-order valence-corrected chi connectivity index (χ2v) is 5.75. The van der Waals surface area contributed by atoms with Crippen molar-refractivity contribution in [2.75, 3.05) is 5.32 Å². The monoisotopic (exact) mass is 292 g/mol. The van der Waals surface area contributed by atoms with E-state index in [-0.39, 0.29) is 5.91 Å². The number of nitrogens with zero attached hydrogens (tertiary/aromatic N) is 1. The number of rotatable bonds is 3. The summed E-state index contributed by atoms with van der Waals surface area (Å²) in [5.74, 6) is -0.203. The average molecular weight is 293 g/mol. The van der Waals surface area contributed by atoms with E-state index >= 15 is 0 Å². The molecule has 1 heterocycles. The number of nitrogens with one attached hydrogen (secondary N) is 1. The van der Waals surface area contributed by atoms with Crippen molar-refractivity contribution in [2.45, 2.75) is 13.8 Å². The zero-order valence-electron chi connectivity index (χ0n) is 10.6. The minimum Gasteiger partial charge on any atom is -0.298 e. The number of carbonyl (C=O) groups excluding carboxylic acids is 1. The lowest BCUT2D eigenvalue weighted by molar-refractivity contribution is -0.111. The van der Waals surface area contributed by atoms with Crippen LogP contribution >= 0.6 is 22.9 Å². The molecule has 5 heteroatoms. The Morgan fingerprint density at radius 1 is 1.42 bits per heavy atom. The van der Waals surface area contributed by atoms with Crippen LogP contribution in [0.1, 0.15) is 16.0 Å². The molecule has 0 fully saturated rings. The molecule has 98 valence electrons. The highest BCUT2D eigenvalue weighted by atomic mass is 35.5. The Labute approximate surface area is 120 Å². The van der Waals surface area contributed by atoms with Gasteiger partial charge >= 0.3 is 0 Å². The lowest BCUT2D eigenvalue weighted by atomic mass is 10.1. The number of aryl methyl sites for hydroxylation is 2. The third-order valence-electron chi connectivity index (χ3n) is 2.47. The van der Waals surface area contributed by atoms with Gasteiger partial charge in [0, 0.05) is 22.2 Å². The van der Waals surface area contributed by atoms with Crippen LogP contribution in [-0.4, -0.2) is 10.9 Å². The lowest BCUT2D eigenvalue weighted by Gasteiger charge is -1.99. The van der Waals surface area contributed by atoms with Gasteiger partial charge in [0.05, 0.1) is 0 Å². The van der Waals surface area contributed by atoms with Crippen LogP contribution in [0, 0.1) is 13.8 Å². The Morgan fingerprint density at radius 3 is 2.84 bits per heavy atom. The van der Waals surface area contributed by atoms with E-state index in [9.17, 15) is 4.79 Å². The van der Waals surface area contributed by atoms with Crippen LogP contribution in [0.4, 0.5) is 5.13 Å². The molecule has 2 rings (SSSR count). The molecule has 0 spiro atoms. The van der Waals surface area contributed by atoms with E-state index < -0.39 is 0 Å². The van der Waals surface area contributed by atoms with Gasteiger partial charge in [-0.3, -0.25) is 10.1 Å². The molecule has 0 radical (unpaired) electrons. The topological polar surface area (TPSA) is 42.0 Å². The van der Waals surface area contributed by atoms with Crippen LogP contribution in [0.5, 0.6) is 0 Å². The number of anilines is 1. The maximum Gasteiger partial charge on any atom is 0.250 e. The fourth-order valence-electron chi connectivity index (χ4n) is 1.44. The number of carbonyl (C=O) groups is 1. The van der Waals surface area contributed by atoms with Crippen LogP contribution in [0.25, 0.3) is 6.08 Å². The summed E-state index contributed by atoms with van der Waals surface area (Å²) in [4.78, 5) is 16.8. The number of hydrogen-bond donors (Lipinski definition) is 1. The molecular weight excluding hydrogens is 280 g/mol. The maximum absolute atomic E-state index is 11.7. The standard InChI is InChI=1S/C14H13ClN2OS/c1-9-3-4-11(7-12(9)15)5-6-13(18)17-14-16-8-10(2)19-14/h3-8H,1-2H3,(H,16,17,18)/b6-5+. The van der Waals surface area contributed by atoms with Crippen molar-refractivity contribution in [3.8, 4) is 0 Å².